The lowest BCUT2D eigenvalue weighted by molar-refractivity contribution is -0.131. The number of thiophene rings is 1. The van der Waals surface area contributed by atoms with E-state index in [1.807, 2.05) is 24.3 Å². The standard InChI is InChI=1S/C14H10Br2O3S/c15-12-4-2-10(7-9(12)1-6-14(17)18)19-8-11-3-5-13(16)20-11/h1-7H,8H2,(H,17,18)/b6-1+. The van der Waals surface area contributed by atoms with Crippen LogP contribution in [0.15, 0.2) is 44.7 Å². The second-order valence-corrected chi connectivity index (χ2v) is 7.25. The Bertz CT molecular complexity index is 650. The van der Waals surface area contributed by atoms with E-state index in [0.29, 0.717) is 12.4 Å². The molecule has 104 valence electrons. The number of carbonyl (C=O) groups is 1. The first-order valence-electron chi connectivity index (χ1n) is 5.62. The van der Waals surface area contributed by atoms with Gasteiger partial charge < -0.3 is 9.84 Å². The van der Waals surface area contributed by atoms with E-state index < -0.39 is 5.97 Å². The van der Waals surface area contributed by atoms with E-state index >= 15 is 0 Å². The van der Waals surface area contributed by atoms with Crippen molar-refractivity contribution in [1.29, 1.82) is 0 Å². The van der Waals surface area contributed by atoms with E-state index in [0.717, 1.165) is 24.8 Å². The monoisotopic (exact) mass is 416 g/mol. The molecule has 1 aromatic carbocycles. The van der Waals surface area contributed by atoms with Crippen LogP contribution < -0.4 is 4.74 Å². The molecule has 0 fully saturated rings. The lowest BCUT2D eigenvalue weighted by atomic mass is 10.2. The summed E-state index contributed by atoms with van der Waals surface area (Å²) in [6, 6.07) is 9.45. The molecule has 6 heteroatoms. The topological polar surface area (TPSA) is 46.5 Å². The van der Waals surface area contributed by atoms with Gasteiger partial charge in [0.05, 0.1) is 3.79 Å². The fraction of sp³-hybridized carbons (Fsp3) is 0.0714. The molecule has 20 heavy (non-hydrogen) atoms. The number of hydrogen-bond acceptors (Lipinski definition) is 3. The largest absolute Gasteiger partial charge is 0.488 e. The number of aliphatic carboxylic acids is 1. The quantitative estimate of drug-likeness (QED) is 0.700. The fourth-order valence-corrected chi connectivity index (χ4v) is 3.26. The van der Waals surface area contributed by atoms with E-state index in [1.165, 1.54) is 6.08 Å². The molecule has 0 spiro atoms. The molecule has 0 amide bonds. The van der Waals surface area contributed by atoms with Crippen molar-refractivity contribution in [3.05, 3.63) is 55.1 Å². The average molecular weight is 418 g/mol. The van der Waals surface area contributed by atoms with Crippen molar-refractivity contribution >= 4 is 55.2 Å². The molecular weight excluding hydrogens is 408 g/mol. The van der Waals surface area contributed by atoms with Gasteiger partial charge in [-0.1, -0.05) is 15.9 Å². The lowest BCUT2D eigenvalue weighted by Gasteiger charge is -2.06. The van der Waals surface area contributed by atoms with E-state index in [2.05, 4.69) is 31.9 Å². The first kappa shape index (κ1) is 15.3. The van der Waals surface area contributed by atoms with Crippen molar-refractivity contribution in [2.24, 2.45) is 0 Å². The summed E-state index contributed by atoms with van der Waals surface area (Å²) in [6.07, 6.45) is 2.63. The lowest BCUT2D eigenvalue weighted by Crippen LogP contribution is -1.93. The first-order valence-corrected chi connectivity index (χ1v) is 8.02. The second kappa shape index (κ2) is 7.06. The summed E-state index contributed by atoms with van der Waals surface area (Å²) >= 11 is 8.40. The highest BCUT2D eigenvalue weighted by Gasteiger charge is 2.03. The summed E-state index contributed by atoms with van der Waals surface area (Å²) in [5.74, 6) is -0.283. The highest BCUT2D eigenvalue weighted by atomic mass is 79.9. The minimum Gasteiger partial charge on any atom is -0.488 e. The van der Waals surface area contributed by atoms with Crippen LogP contribution in [0.5, 0.6) is 5.75 Å². The van der Waals surface area contributed by atoms with Gasteiger partial charge in [0.15, 0.2) is 0 Å². The molecule has 0 aliphatic rings. The van der Waals surface area contributed by atoms with E-state index in [1.54, 1.807) is 17.4 Å². The van der Waals surface area contributed by atoms with Crippen LogP contribution >= 0.6 is 43.2 Å². The number of hydrogen-bond donors (Lipinski definition) is 1. The zero-order chi connectivity index (χ0) is 14.5. The van der Waals surface area contributed by atoms with Gasteiger partial charge in [-0.25, -0.2) is 4.79 Å². The predicted molar refractivity (Wildman–Crippen MR) is 87.2 cm³/mol. The molecule has 0 saturated heterocycles. The summed E-state index contributed by atoms with van der Waals surface area (Å²) in [5.41, 5.74) is 0.761. The van der Waals surface area contributed by atoms with Crippen LogP contribution in [-0.2, 0) is 11.4 Å². The van der Waals surface area contributed by atoms with Crippen LogP contribution in [0.4, 0.5) is 0 Å². The summed E-state index contributed by atoms with van der Waals surface area (Å²) in [6.45, 7) is 0.486. The molecule has 0 aliphatic carbocycles. The van der Waals surface area contributed by atoms with E-state index in [-0.39, 0.29) is 0 Å². The zero-order valence-electron chi connectivity index (χ0n) is 10.2. The average Bonchev–Trinajstić information content (AvgIpc) is 2.82. The Morgan fingerprint density at radius 2 is 2.10 bits per heavy atom. The Kier molecular flexibility index (Phi) is 5.39. The summed E-state index contributed by atoms with van der Waals surface area (Å²) in [7, 11) is 0. The number of ether oxygens (including phenoxy) is 1. The fourth-order valence-electron chi connectivity index (χ4n) is 1.48. The maximum Gasteiger partial charge on any atom is 0.328 e. The number of halogens is 2. The van der Waals surface area contributed by atoms with Gasteiger partial charge in [-0.15, -0.1) is 11.3 Å². The van der Waals surface area contributed by atoms with Crippen molar-refractivity contribution in [1.82, 2.24) is 0 Å². The van der Waals surface area contributed by atoms with Crippen molar-refractivity contribution in [3.63, 3.8) is 0 Å². The molecule has 1 N–H and O–H groups in total. The molecule has 0 radical (unpaired) electrons. The smallest absolute Gasteiger partial charge is 0.328 e. The third-order valence-electron chi connectivity index (χ3n) is 2.38. The Hall–Kier alpha value is -1.11. The predicted octanol–water partition coefficient (Wildman–Crippen LogP) is 4.95. The van der Waals surface area contributed by atoms with Gasteiger partial charge in [0.2, 0.25) is 0 Å². The van der Waals surface area contributed by atoms with Gasteiger partial charge in [0, 0.05) is 15.4 Å². The van der Waals surface area contributed by atoms with Crippen molar-refractivity contribution < 1.29 is 14.6 Å². The molecular formula is C14H10Br2O3S. The molecule has 3 nitrogen and oxygen atoms in total. The van der Waals surface area contributed by atoms with Gasteiger partial charge in [-0.05, 0) is 57.9 Å². The van der Waals surface area contributed by atoms with Crippen LogP contribution in [0.25, 0.3) is 6.08 Å². The minimum atomic E-state index is -0.980. The SMILES string of the molecule is O=C(O)/C=C/c1cc(OCc2ccc(Br)s2)ccc1Br. The number of carboxylic acid groups (broad SMARTS) is 1. The van der Waals surface area contributed by atoms with Crippen LogP contribution in [0.1, 0.15) is 10.4 Å². The van der Waals surface area contributed by atoms with Gasteiger partial charge in [-0.3, -0.25) is 0 Å². The maximum atomic E-state index is 10.5. The molecule has 0 bridgehead atoms. The number of benzene rings is 1. The second-order valence-electron chi connectivity index (χ2n) is 3.85. The Morgan fingerprint density at radius 3 is 2.75 bits per heavy atom. The highest BCUT2D eigenvalue weighted by molar-refractivity contribution is 9.11. The molecule has 1 heterocycles. The summed E-state index contributed by atoms with van der Waals surface area (Å²) in [4.78, 5) is 11.7. The van der Waals surface area contributed by atoms with Crippen LogP contribution in [0.3, 0.4) is 0 Å². The number of rotatable bonds is 5. The zero-order valence-corrected chi connectivity index (χ0v) is 14.2. The van der Waals surface area contributed by atoms with Gasteiger partial charge in [-0.2, -0.15) is 0 Å². The van der Waals surface area contributed by atoms with Crippen LogP contribution in [-0.4, -0.2) is 11.1 Å². The third kappa shape index (κ3) is 4.47. The van der Waals surface area contributed by atoms with Gasteiger partial charge in [0.1, 0.15) is 12.4 Å². The van der Waals surface area contributed by atoms with E-state index in [4.69, 9.17) is 9.84 Å². The minimum absolute atomic E-state index is 0.486. The molecule has 1 aromatic heterocycles. The normalized spacial score (nSPS) is 10.9. The van der Waals surface area contributed by atoms with Crippen molar-refractivity contribution in [2.45, 2.75) is 6.61 Å². The van der Waals surface area contributed by atoms with Crippen molar-refractivity contribution in [2.75, 3.05) is 0 Å². The Labute approximate surface area is 137 Å². The third-order valence-corrected chi connectivity index (χ3v) is 4.70. The Balaban J connectivity index is 2.08. The molecule has 2 rings (SSSR count). The maximum absolute atomic E-state index is 10.5. The van der Waals surface area contributed by atoms with Gasteiger partial charge in [0.25, 0.3) is 0 Å². The Morgan fingerprint density at radius 1 is 1.30 bits per heavy atom. The highest BCUT2D eigenvalue weighted by Crippen LogP contribution is 2.26. The van der Waals surface area contributed by atoms with Crippen LogP contribution in [0, 0.1) is 0 Å². The molecule has 0 aliphatic heterocycles. The van der Waals surface area contributed by atoms with Crippen molar-refractivity contribution in [3.8, 4) is 5.75 Å². The summed E-state index contributed by atoms with van der Waals surface area (Å²) in [5, 5.41) is 8.65. The van der Waals surface area contributed by atoms with Crippen LogP contribution in [0.2, 0.25) is 0 Å². The first-order chi connectivity index (χ1) is 9.54. The summed E-state index contributed by atoms with van der Waals surface area (Å²) < 4.78 is 7.58. The molecule has 0 atom stereocenters. The molecule has 2 aromatic rings. The van der Waals surface area contributed by atoms with Gasteiger partial charge >= 0.3 is 5.97 Å². The number of carboxylic acids is 1. The molecule has 0 unspecified atom stereocenters. The van der Waals surface area contributed by atoms with E-state index in [9.17, 15) is 4.79 Å². The molecule has 0 saturated carbocycles.